The lowest BCUT2D eigenvalue weighted by Crippen LogP contribution is -2.44. The van der Waals surface area contributed by atoms with E-state index < -0.39 is 0 Å². The van der Waals surface area contributed by atoms with E-state index in [-0.39, 0.29) is 18.1 Å². The molecular weight excluding hydrogens is 260 g/mol. The average Bonchev–Trinajstić information content (AvgIpc) is 2.69. The highest BCUT2D eigenvalue weighted by atomic mass is 32.1. The maximum atomic E-state index is 11.4. The van der Waals surface area contributed by atoms with Crippen LogP contribution in [0.2, 0.25) is 0 Å². The van der Waals surface area contributed by atoms with Crippen molar-refractivity contribution in [3.63, 3.8) is 0 Å². The maximum Gasteiger partial charge on any atom is 0.329 e. The van der Waals surface area contributed by atoms with Gasteiger partial charge in [-0.15, -0.1) is 0 Å². The SMILES string of the molecule is C[C@@H]1C[C@@H](NC(=S)NCCc2ccccc2)C(=O)O1. The molecule has 0 radical (unpaired) electrons. The Hall–Kier alpha value is -1.62. The van der Waals surface area contributed by atoms with Crippen LogP contribution in [0.1, 0.15) is 18.9 Å². The molecule has 0 unspecified atom stereocenters. The molecule has 1 aliphatic rings. The number of hydrogen-bond acceptors (Lipinski definition) is 3. The molecule has 0 amide bonds. The summed E-state index contributed by atoms with van der Waals surface area (Å²) in [5.41, 5.74) is 1.26. The van der Waals surface area contributed by atoms with Crippen LogP contribution < -0.4 is 10.6 Å². The Morgan fingerprint density at radius 1 is 1.42 bits per heavy atom. The molecule has 4 nitrogen and oxygen atoms in total. The Balaban J connectivity index is 1.69. The Bertz CT molecular complexity index is 450. The number of carbonyl (C=O) groups is 1. The van der Waals surface area contributed by atoms with Gasteiger partial charge in [-0.05, 0) is 31.1 Å². The summed E-state index contributed by atoms with van der Waals surface area (Å²) in [7, 11) is 0. The smallest absolute Gasteiger partial charge is 0.329 e. The summed E-state index contributed by atoms with van der Waals surface area (Å²) in [5, 5.41) is 6.60. The van der Waals surface area contributed by atoms with E-state index in [0.29, 0.717) is 11.5 Å². The zero-order valence-electron chi connectivity index (χ0n) is 10.9. The minimum absolute atomic E-state index is 0.0304. The summed E-state index contributed by atoms with van der Waals surface area (Å²) in [6.07, 6.45) is 1.53. The highest BCUT2D eigenvalue weighted by molar-refractivity contribution is 7.80. The van der Waals surface area contributed by atoms with Crippen LogP contribution in [-0.2, 0) is 16.0 Å². The summed E-state index contributed by atoms with van der Waals surface area (Å²) in [6, 6.07) is 9.87. The first kappa shape index (κ1) is 13.8. The third kappa shape index (κ3) is 4.21. The summed E-state index contributed by atoms with van der Waals surface area (Å²) >= 11 is 5.17. The van der Waals surface area contributed by atoms with Crippen LogP contribution in [0, 0.1) is 0 Å². The summed E-state index contributed by atoms with van der Waals surface area (Å²) in [5.74, 6) is -0.222. The normalized spacial score (nSPS) is 21.8. The van der Waals surface area contributed by atoms with Gasteiger partial charge < -0.3 is 15.4 Å². The number of rotatable bonds is 4. The molecule has 5 heteroatoms. The van der Waals surface area contributed by atoms with Gasteiger partial charge in [-0.1, -0.05) is 30.3 Å². The second-order valence-corrected chi connectivity index (χ2v) is 5.08. The van der Waals surface area contributed by atoms with Crippen LogP contribution in [0.25, 0.3) is 0 Å². The summed E-state index contributed by atoms with van der Waals surface area (Å²) in [4.78, 5) is 11.4. The van der Waals surface area contributed by atoms with Crippen LogP contribution in [0.15, 0.2) is 30.3 Å². The van der Waals surface area contributed by atoms with Crippen LogP contribution in [0.4, 0.5) is 0 Å². The molecule has 102 valence electrons. The zero-order valence-corrected chi connectivity index (χ0v) is 11.7. The van der Waals surface area contributed by atoms with E-state index in [1.165, 1.54) is 5.56 Å². The van der Waals surface area contributed by atoms with Crippen molar-refractivity contribution in [3.8, 4) is 0 Å². The Labute approximate surface area is 118 Å². The van der Waals surface area contributed by atoms with Gasteiger partial charge in [0, 0.05) is 13.0 Å². The van der Waals surface area contributed by atoms with E-state index in [2.05, 4.69) is 22.8 Å². The second kappa shape index (κ2) is 6.52. The van der Waals surface area contributed by atoms with Crippen molar-refractivity contribution in [2.24, 2.45) is 0 Å². The quantitative estimate of drug-likeness (QED) is 0.644. The molecule has 1 heterocycles. The van der Waals surface area contributed by atoms with E-state index in [1.807, 2.05) is 25.1 Å². The van der Waals surface area contributed by atoms with Crippen LogP contribution in [0.3, 0.4) is 0 Å². The monoisotopic (exact) mass is 278 g/mol. The molecular formula is C14H18N2O2S. The van der Waals surface area contributed by atoms with Crippen molar-refractivity contribution >= 4 is 23.3 Å². The molecule has 0 spiro atoms. The van der Waals surface area contributed by atoms with E-state index in [0.717, 1.165) is 13.0 Å². The molecule has 0 aromatic heterocycles. The van der Waals surface area contributed by atoms with Gasteiger partial charge in [0.05, 0.1) is 0 Å². The third-order valence-electron chi connectivity index (χ3n) is 3.02. The van der Waals surface area contributed by atoms with Crippen molar-refractivity contribution in [2.75, 3.05) is 6.54 Å². The molecule has 2 N–H and O–H groups in total. The fraction of sp³-hybridized carbons (Fsp3) is 0.429. The minimum Gasteiger partial charge on any atom is -0.461 e. The molecule has 1 fully saturated rings. The number of thiocarbonyl (C=S) groups is 1. The zero-order chi connectivity index (χ0) is 13.7. The van der Waals surface area contributed by atoms with Gasteiger partial charge in [0.15, 0.2) is 5.11 Å². The number of ether oxygens (including phenoxy) is 1. The Morgan fingerprint density at radius 3 is 2.79 bits per heavy atom. The van der Waals surface area contributed by atoms with E-state index >= 15 is 0 Å². The fourth-order valence-corrected chi connectivity index (χ4v) is 2.29. The molecule has 1 saturated heterocycles. The number of carbonyl (C=O) groups excluding carboxylic acids is 1. The minimum atomic E-state index is -0.313. The predicted octanol–water partition coefficient (Wildman–Crippen LogP) is 1.40. The molecule has 0 aliphatic carbocycles. The van der Waals surface area contributed by atoms with E-state index in [4.69, 9.17) is 17.0 Å². The number of esters is 1. The van der Waals surface area contributed by atoms with Gasteiger partial charge >= 0.3 is 5.97 Å². The number of nitrogens with one attached hydrogen (secondary N) is 2. The first-order valence-corrected chi connectivity index (χ1v) is 6.85. The number of benzene rings is 1. The molecule has 2 rings (SSSR count). The van der Waals surface area contributed by atoms with Crippen molar-refractivity contribution in [1.82, 2.24) is 10.6 Å². The van der Waals surface area contributed by atoms with Gasteiger partial charge in [-0.3, -0.25) is 0 Å². The van der Waals surface area contributed by atoms with Gasteiger partial charge in [0.1, 0.15) is 12.1 Å². The van der Waals surface area contributed by atoms with Crippen molar-refractivity contribution in [2.45, 2.75) is 31.9 Å². The molecule has 1 aromatic carbocycles. The summed E-state index contributed by atoms with van der Waals surface area (Å²) in [6.45, 7) is 2.62. The molecule has 0 bridgehead atoms. The van der Waals surface area contributed by atoms with Gasteiger partial charge in [0.25, 0.3) is 0 Å². The fourth-order valence-electron chi connectivity index (χ4n) is 2.05. The van der Waals surface area contributed by atoms with E-state index in [9.17, 15) is 4.79 Å². The predicted molar refractivity (Wildman–Crippen MR) is 77.8 cm³/mol. The topological polar surface area (TPSA) is 50.4 Å². The summed E-state index contributed by atoms with van der Waals surface area (Å²) < 4.78 is 5.06. The highest BCUT2D eigenvalue weighted by Gasteiger charge is 2.32. The second-order valence-electron chi connectivity index (χ2n) is 4.67. The lowest BCUT2D eigenvalue weighted by molar-refractivity contribution is -0.142. The van der Waals surface area contributed by atoms with Crippen LogP contribution in [-0.4, -0.2) is 29.8 Å². The average molecular weight is 278 g/mol. The first-order valence-electron chi connectivity index (χ1n) is 6.44. The molecule has 2 atom stereocenters. The lowest BCUT2D eigenvalue weighted by atomic mass is 10.1. The van der Waals surface area contributed by atoms with Crippen molar-refractivity contribution in [1.29, 1.82) is 0 Å². The van der Waals surface area contributed by atoms with Gasteiger partial charge in [0.2, 0.25) is 0 Å². The molecule has 0 saturated carbocycles. The van der Waals surface area contributed by atoms with Gasteiger partial charge in [-0.25, -0.2) is 4.79 Å². The largest absolute Gasteiger partial charge is 0.461 e. The molecule has 19 heavy (non-hydrogen) atoms. The standard InChI is InChI=1S/C14H18N2O2S/c1-10-9-12(13(17)18-10)16-14(19)15-8-7-11-5-3-2-4-6-11/h2-6,10,12H,7-9H2,1H3,(H2,15,16,19)/t10-,12-/m1/s1. The van der Waals surface area contributed by atoms with Crippen molar-refractivity contribution in [3.05, 3.63) is 35.9 Å². The number of hydrogen-bond donors (Lipinski definition) is 2. The Kier molecular flexibility index (Phi) is 4.74. The van der Waals surface area contributed by atoms with Gasteiger partial charge in [-0.2, -0.15) is 0 Å². The first-order chi connectivity index (χ1) is 9.15. The number of cyclic esters (lactones) is 1. The maximum absolute atomic E-state index is 11.4. The Morgan fingerprint density at radius 2 is 2.16 bits per heavy atom. The van der Waals surface area contributed by atoms with Crippen LogP contribution >= 0.6 is 12.2 Å². The highest BCUT2D eigenvalue weighted by Crippen LogP contribution is 2.13. The third-order valence-corrected chi connectivity index (χ3v) is 3.28. The van der Waals surface area contributed by atoms with Crippen LogP contribution in [0.5, 0.6) is 0 Å². The van der Waals surface area contributed by atoms with Crippen molar-refractivity contribution < 1.29 is 9.53 Å². The molecule has 1 aromatic rings. The lowest BCUT2D eigenvalue weighted by Gasteiger charge is -2.13. The van der Waals surface area contributed by atoms with E-state index in [1.54, 1.807) is 0 Å². The molecule has 1 aliphatic heterocycles.